The fourth-order valence-electron chi connectivity index (χ4n) is 1.72. The van der Waals surface area contributed by atoms with Gasteiger partial charge in [0.25, 0.3) is 0 Å². The second-order valence-electron chi connectivity index (χ2n) is 4.16. The summed E-state index contributed by atoms with van der Waals surface area (Å²) in [4.78, 5) is 0. The summed E-state index contributed by atoms with van der Waals surface area (Å²) in [6, 6.07) is 6.60. The molecule has 2 rings (SSSR count). The van der Waals surface area contributed by atoms with Crippen molar-refractivity contribution in [2.45, 2.75) is 6.10 Å². The zero-order chi connectivity index (χ0) is 14.7. The summed E-state index contributed by atoms with van der Waals surface area (Å²) in [7, 11) is 0. The zero-order valence-corrected chi connectivity index (χ0v) is 10.2. The predicted molar refractivity (Wildman–Crippen MR) is 66.2 cm³/mol. The molecule has 0 fully saturated rings. The molecule has 20 heavy (non-hydrogen) atoms. The Morgan fingerprint density at radius 1 is 0.900 bits per heavy atom. The Morgan fingerprint density at radius 3 is 2.25 bits per heavy atom. The van der Waals surface area contributed by atoms with Gasteiger partial charge in [-0.15, -0.1) is 0 Å². The third-order valence-corrected chi connectivity index (χ3v) is 2.76. The summed E-state index contributed by atoms with van der Waals surface area (Å²) in [5.41, 5.74) is -0.276. The fourth-order valence-corrected chi connectivity index (χ4v) is 1.72. The van der Waals surface area contributed by atoms with Crippen LogP contribution in [0.1, 0.15) is 11.7 Å². The van der Waals surface area contributed by atoms with E-state index in [4.69, 9.17) is 0 Å². The number of aliphatic hydroxyl groups is 1. The van der Waals surface area contributed by atoms with Gasteiger partial charge in [-0.05, 0) is 6.07 Å². The van der Waals surface area contributed by atoms with Gasteiger partial charge < -0.3 is 10.4 Å². The number of rotatable bonds is 4. The molecule has 1 unspecified atom stereocenters. The molecule has 2 aromatic carbocycles. The van der Waals surface area contributed by atoms with Crippen molar-refractivity contribution < 1.29 is 22.7 Å². The molecule has 0 saturated carbocycles. The van der Waals surface area contributed by atoms with E-state index in [0.29, 0.717) is 12.1 Å². The van der Waals surface area contributed by atoms with Crippen LogP contribution in [0.15, 0.2) is 36.4 Å². The van der Waals surface area contributed by atoms with Gasteiger partial charge in [0.05, 0.1) is 11.8 Å². The quantitative estimate of drug-likeness (QED) is 0.666. The standard InChI is InChI=1S/C14H11F4NO/c15-9-4-2-1-3-8(9)14(20)7-19-13-6-11(17)10(16)5-12(13)18/h1-6,14,19-20H,7H2. The highest BCUT2D eigenvalue weighted by atomic mass is 19.2. The Labute approximate surface area is 112 Å². The van der Waals surface area contributed by atoms with Crippen molar-refractivity contribution in [3.63, 3.8) is 0 Å². The van der Waals surface area contributed by atoms with Crippen LogP contribution in [0.5, 0.6) is 0 Å². The molecule has 2 aromatic rings. The lowest BCUT2D eigenvalue weighted by atomic mass is 10.1. The molecule has 0 aromatic heterocycles. The summed E-state index contributed by atoms with van der Waals surface area (Å²) < 4.78 is 52.4. The largest absolute Gasteiger partial charge is 0.386 e. The van der Waals surface area contributed by atoms with Gasteiger partial charge in [0.2, 0.25) is 0 Å². The second-order valence-corrected chi connectivity index (χ2v) is 4.16. The first-order valence-electron chi connectivity index (χ1n) is 5.80. The molecule has 1 atom stereocenters. The molecule has 0 radical (unpaired) electrons. The number of benzene rings is 2. The molecule has 0 bridgehead atoms. The van der Waals surface area contributed by atoms with Crippen LogP contribution >= 0.6 is 0 Å². The number of aliphatic hydroxyl groups excluding tert-OH is 1. The first-order chi connectivity index (χ1) is 9.49. The van der Waals surface area contributed by atoms with Crippen LogP contribution in [0, 0.1) is 23.3 Å². The Balaban J connectivity index is 2.09. The SMILES string of the molecule is OC(CNc1cc(F)c(F)cc1F)c1ccccc1F. The maximum absolute atomic E-state index is 13.4. The lowest BCUT2D eigenvalue weighted by molar-refractivity contribution is 0.186. The van der Waals surface area contributed by atoms with Gasteiger partial charge >= 0.3 is 0 Å². The summed E-state index contributed by atoms with van der Waals surface area (Å²) in [6.07, 6.45) is -1.25. The number of halogens is 4. The summed E-state index contributed by atoms with van der Waals surface area (Å²) >= 11 is 0. The molecule has 2 nitrogen and oxygen atoms in total. The van der Waals surface area contributed by atoms with E-state index in [2.05, 4.69) is 5.32 Å². The lowest BCUT2D eigenvalue weighted by Gasteiger charge is -2.14. The van der Waals surface area contributed by atoms with Crippen molar-refractivity contribution >= 4 is 5.69 Å². The molecule has 0 amide bonds. The predicted octanol–water partition coefficient (Wildman–Crippen LogP) is 3.39. The Bertz CT molecular complexity index is 618. The van der Waals surface area contributed by atoms with Crippen LogP contribution in [0.2, 0.25) is 0 Å². The van der Waals surface area contributed by atoms with Crippen LogP contribution < -0.4 is 5.32 Å². The van der Waals surface area contributed by atoms with Gasteiger partial charge in [-0.25, -0.2) is 17.6 Å². The van der Waals surface area contributed by atoms with Crippen LogP contribution in [-0.4, -0.2) is 11.7 Å². The van der Waals surface area contributed by atoms with E-state index >= 15 is 0 Å². The normalized spacial score (nSPS) is 12.2. The molecule has 0 aliphatic carbocycles. The average Bonchev–Trinajstić information content (AvgIpc) is 2.41. The first kappa shape index (κ1) is 14.3. The third-order valence-electron chi connectivity index (χ3n) is 2.76. The van der Waals surface area contributed by atoms with Crippen LogP contribution in [0.25, 0.3) is 0 Å². The van der Waals surface area contributed by atoms with Crippen LogP contribution in [-0.2, 0) is 0 Å². The van der Waals surface area contributed by atoms with Crippen LogP contribution in [0.3, 0.4) is 0 Å². The fraction of sp³-hybridized carbons (Fsp3) is 0.143. The van der Waals surface area contributed by atoms with Crippen molar-refractivity contribution in [1.29, 1.82) is 0 Å². The highest BCUT2D eigenvalue weighted by Gasteiger charge is 2.14. The van der Waals surface area contributed by atoms with Crippen molar-refractivity contribution in [1.82, 2.24) is 0 Å². The number of anilines is 1. The van der Waals surface area contributed by atoms with E-state index < -0.39 is 29.4 Å². The van der Waals surface area contributed by atoms with Gasteiger partial charge in [-0.2, -0.15) is 0 Å². The highest BCUT2D eigenvalue weighted by molar-refractivity contribution is 5.45. The van der Waals surface area contributed by atoms with E-state index in [9.17, 15) is 22.7 Å². The Hall–Kier alpha value is -2.08. The van der Waals surface area contributed by atoms with Gasteiger partial charge in [0, 0.05) is 24.2 Å². The molecule has 0 saturated heterocycles. The molecular weight excluding hydrogens is 274 g/mol. The molecular formula is C14H11F4NO. The second kappa shape index (κ2) is 5.92. The number of hydrogen-bond donors (Lipinski definition) is 2. The maximum atomic E-state index is 13.4. The smallest absolute Gasteiger partial charge is 0.161 e. The molecule has 0 heterocycles. The average molecular weight is 285 g/mol. The van der Waals surface area contributed by atoms with Crippen molar-refractivity contribution in [3.05, 3.63) is 65.2 Å². The van der Waals surface area contributed by atoms with E-state index in [0.717, 1.165) is 0 Å². The molecule has 0 spiro atoms. The first-order valence-corrected chi connectivity index (χ1v) is 5.80. The number of nitrogens with one attached hydrogen (secondary N) is 1. The van der Waals surface area contributed by atoms with E-state index in [1.165, 1.54) is 18.2 Å². The van der Waals surface area contributed by atoms with E-state index in [-0.39, 0.29) is 17.8 Å². The molecule has 6 heteroatoms. The molecule has 106 valence electrons. The third kappa shape index (κ3) is 3.08. The van der Waals surface area contributed by atoms with Gasteiger partial charge in [0.15, 0.2) is 11.6 Å². The monoisotopic (exact) mass is 285 g/mol. The van der Waals surface area contributed by atoms with Gasteiger partial charge in [-0.3, -0.25) is 0 Å². The van der Waals surface area contributed by atoms with Crippen LogP contribution in [0.4, 0.5) is 23.2 Å². The van der Waals surface area contributed by atoms with E-state index in [1.807, 2.05) is 0 Å². The summed E-state index contributed by atoms with van der Waals surface area (Å²) in [5.74, 6) is -4.12. The maximum Gasteiger partial charge on any atom is 0.161 e. The van der Waals surface area contributed by atoms with Crippen molar-refractivity contribution in [3.8, 4) is 0 Å². The summed E-state index contributed by atoms with van der Waals surface area (Å²) in [5, 5.41) is 12.2. The zero-order valence-electron chi connectivity index (χ0n) is 10.2. The molecule has 2 N–H and O–H groups in total. The van der Waals surface area contributed by atoms with E-state index in [1.54, 1.807) is 6.07 Å². The molecule has 0 aliphatic rings. The minimum atomic E-state index is -1.30. The minimum Gasteiger partial charge on any atom is -0.386 e. The molecule has 0 aliphatic heterocycles. The summed E-state index contributed by atoms with van der Waals surface area (Å²) in [6.45, 7) is -0.247. The Kier molecular flexibility index (Phi) is 4.24. The lowest BCUT2D eigenvalue weighted by Crippen LogP contribution is -2.14. The number of hydrogen-bond acceptors (Lipinski definition) is 2. The topological polar surface area (TPSA) is 32.3 Å². The highest BCUT2D eigenvalue weighted by Crippen LogP contribution is 2.21. The minimum absolute atomic E-state index is 0.0305. The van der Waals surface area contributed by atoms with Crippen molar-refractivity contribution in [2.75, 3.05) is 11.9 Å². The van der Waals surface area contributed by atoms with Gasteiger partial charge in [-0.1, -0.05) is 18.2 Å². The van der Waals surface area contributed by atoms with Crippen molar-refractivity contribution in [2.24, 2.45) is 0 Å². The van der Waals surface area contributed by atoms with Gasteiger partial charge in [0.1, 0.15) is 11.6 Å². The Morgan fingerprint density at radius 2 is 1.55 bits per heavy atom.